The SMILES string of the molecule is C=C[C@@H](C)[C@H](Cc1ccccc1)C(=O)O. The maximum Gasteiger partial charge on any atom is 0.307 e. The van der Waals surface area contributed by atoms with Crippen LogP contribution >= 0.6 is 0 Å². The molecule has 0 amide bonds. The summed E-state index contributed by atoms with van der Waals surface area (Å²) in [6.07, 6.45) is 2.26. The first-order chi connectivity index (χ1) is 7.15. The van der Waals surface area contributed by atoms with Gasteiger partial charge in [0, 0.05) is 0 Å². The number of hydrogen-bond acceptors (Lipinski definition) is 1. The molecule has 1 rings (SSSR count). The second kappa shape index (κ2) is 5.35. The highest BCUT2D eigenvalue weighted by Crippen LogP contribution is 2.18. The lowest BCUT2D eigenvalue weighted by Crippen LogP contribution is -2.22. The molecule has 15 heavy (non-hydrogen) atoms. The van der Waals surface area contributed by atoms with Crippen LogP contribution in [0.4, 0.5) is 0 Å². The number of carboxylic acid groups (broad SMARTS) is 1. The van der Waals surface area contributed by atoms with Crippen LogP contribution in [0.5, 0.6) is 0 Å². The van der Waals surface area contributed by atoms with E-state index in [1.54, 1.807) is 6.08 Å². The van der Waals surface area contributed by atoms with Gasteiger partial charge in [-0.15, -0.1) is 6.58 Å². The number of carbonyl (C=O) groups is 1. The van der Waals surface area contributed by atoms with Crippen LogP contribution < -0.4 is 0 Å². The molecule has 0 heterocycles. The predicted molar refractivity (Wildman–Crippen MR) is 60.6 cm³/mol. The lowest BCUT2D eigenvalue weighted by molar-refractivity contribution is -0.142. The minimum Gasteiger partial charge on any atom is -0.481 e. The average molecular weight is 204 g/mol. The van der Waals surface area contributed by atoms with E-state index in [2.05, 4.69) is 6.58 Å². The Morgan fingerprint density at radius 3 is 2.53 bits per heavy atom. The quantitative estimate of drug-likeness (QED) is 0.749. The van der Waals surface area contributed by atoms with E-state index in [0.717, 1.165) is 5.56 Å². The third-order valence-corrected chi connectivity index (χ3v) is 2.62. The van der Waals surface area contributed by atoms with Gasteiger partial charge < -0.3 is 5.11 Å². The van der Waals surface area contributed by atoms with E-state index in [1.807, 2.05) is 37.3 Å². The van der Waals surface area contributed by atoms with Crippen LogP contribution in [0.2, 0.25) is 0 Å². The summed E-state index contributed by atoms with van der Waals surface area (Å²) in [6.45, 7) is 5.53. The third-order valence-electron chi connectivity index (χ3n) is 2.62. The smallest absolute Gasteiger partial charge is 0.307 e. The highest BCUT2D eigenvalue weighted by molar-refractivity contribution is 5.71. The van der Waals surface area contributed by atoms with Crippen LogP contribution in [-0.4, -0.2) is 11.1 Å². The van der Waals surface area contributed by atoms with Crippen molar-refractivity contribution in [2.24, 2.45) is 11.8 Å². The van der Waals surface area contributed by atoms with Crippen molar-refractivity contribution < 1.29 is 9.90 Å². The Kier molecular flexibility index (Phi) is 4.10. The Morgan fingerprint density at radius 2 is 2.07 bits per heavy atom. The van der Waals surface area contributed by atoms with Gasteiger partial charge in [-0.3, -0.25) is 4.79 Å². The van der Waals surface area contributed by atoms with Crippen molar-refractivity contribution in [1.29, 1.82) is 0 Å². The molecule has 0 unspecified atom stereocenters. The first-order valence-electron chi connectivity index (χ1n) is 5.04. The molecule has 0 fully saturated rings. The Bertz CT molecular complexity index is 330. The molecule has 0 aliphatic heterocycles. The molecular formula is C13H16O2. The molecule has 2 atom stereocenters. The molecule has 80 valence electrons. The third kappa shape index (κ3) is 3.24. The van der Waals surface area contributed by atoms with Crippen molar-refractivity contribution in [3.8, 4) is 0 Å². The maximum absolute atomic E-state index is 11.1. The number of carboxylic acids is 1. The second-order valence-electron chi connectivity index (χ2n) is 3.73. The van der Waals surface area contributed by atoms with Gasteiger partial charge in [-0.05, 0) is 17.9 Å². The largest absolute Gasteiger partial charge is 0.481 e. The van der Waals surface area contributed by atoms with Gasteiger partial charge in [0.25, 0.3) is 0 Å². The fraction of sp³-hybridized carbons (Fsp3) is 0.308. The monoisotopic (exact) mass is 204 g/mol. The highest BCUT2D eigenvalue weighted by atomic mass is 16.4. The summed E-state index contributed by atoms with van der Waals surface area (Å²) in [5, 5.41) is 9.09. The Hall–Kier alpha value is -1.57. The van der Waals surface area contributed by atoms with Gasteiger partial charge in [0.2, 0.25) is 0 Å². The normalized spacial score (nSPS) is 14.2. The summed E-state index contributed by atoms with van der Waals surface area (Å²) in [5.41, 5.74) is 1.05. The molecule has 0 saturated heterocycles. The zero-order valence-electron chi connectivity index (χ0n) is 8.89. The second-order valence-corrected chi connectivity index (χ2v) is 3.73. The molecule has 0 aliphatic carbocycles. The van der Waals surface area contributed by atoms with Crippen LogP contribution in [0.1, 0.15) is 12.5 Å². The van der Waals surface area contributed by atoms with E-state index in [9.17, 15) is 4.79 Å². The zero-order chi connectivity index (χ0) is 11.3. The molecule has 0 saturated carbocycles. The van der Waals surface area contributed by atoms with Crippen molar-refractivity contribution in [1.82, 2.24) is 0 Å². The van der Waals surface area contributed by atoms with Crippen molar-refractivity contribution in [2.75, 3.05) is 0 Å². The zero-order valence-corrected chi connectivity index (χ0v) is 8.89. The van der Waals surface area contributed by atoms with E-state index >= 15 is 0 Å². The number of allylic oxidation sites excluding steroid dienone is 1. The summed E-state index contributed by atoms with van der Waals surface area (Å²) in [4.78, 5) is 11.1. The lowest BCUT2D eigenvalue weighted by atomic mass is 9.88. The fourth-order valence-electron chi connectivity index (χ4n) is 1.53. The maximum atomic E-state index is 11.1. The average Bonchev–Trinajstić information content (AvgIpc) is 2.26. The van der Waals surface area contributed by atoms with Gasteiger partial charge >= 0.3 is 5.97 Å². The van der Waals surface area contributed by atoms with Gasteiger partial charge in [-0.25, -0.2) is 0 Å². The Balaban J connectivity index is 2.76. The van der Waals surface area contributed by atoms with Crippen LogP contribution in [-0.2, 0) is 11.2 Å². The molecule has 2 nitrogen and oxygen atoms in total. The molecule has 0 radical (unpaired) electrons. The molecule has 1 N–H and O–H groups in total. The van der Waals surface area contributed by atoms with Gasteiger partial charge in [0.15, 0.2) is 0 Å². The predicted octanol–water partition coefficient (Wildman–Crippen LogP) is 2.75. The molecule has 0 bridgehead atoms. The van der Waals surface area contributed by atoms with Crippen molar-refractivity contribution in [3.05, 3.63) is 48.6 Å². The molecule has 0 aliphatic rings. The van der Waals surface area contributed by atoms with Gasteiger partial charge in [0.1, 0.15) is 0 Å². The van der Waals surface area contributed by atoms with E-state index in [4.69, 9.17) is 5.11 Å². The van der Waals surface area contributed by atoms with Crippen LogP contribution in [0.3, 0.4) is 0 Å². The minimum absolute atomic E-state index is 0.0114. The first-order valence-corrected chi connectivity index (χ1v) is 5.04. The van der Waals surface area contributed by atoms with E-state index < -0.39 is 5.97 Å². The number of benzene rings is 1. The van der Waals surface area contributed by atoms with E-state index in [0.29, 0.717) is 6.42 Å². The van der Waals surface area contributed by atoms with Crippen LogP contribution in [0.15, 0.2) is 43.0 Å². The van der Waals surface area contributed by atoms with E-state index in [1.165, 1.54) is 0 Å². The molecule has 1 aromatic rings. The van der Waals surface area contributed by atoms with E-state index in [-0.39, 0.29) is 11.8 Å². The topological polar surface area (TPSA) is 37.3 Å². The Morgan fingerprint density at radius 1 is 1.47 bits per heavy atom. The fourth-order valence-corrected chi connectivity index (χ4v) is 1.53. The summed E-state index contributed by atoms with van der Waals surface area (Å²) in [5.74, 6) is -1.15. The van der Waals surface area contributed by atoms with Crippen molar-refractivity contribution in [2.45, 2.75) is 13.3 Å². The lowest BCUT2D eigenvalue weighted by Gasteiger charge is -2.16. The standard InChI is InChI=1S/C13H16O2/c1-3-10(2)12(13(14)15)9-11-7-5-4-6-8-11/h3-8,10,12H,1,9H2,2H3,(H,14,15)/t10-,12+/m1/s1. The van der Waals surface area contributed by atoms with Crippen LogP contribution in [0, 0.1) is 11.8 Å². The number of hydrogen-bond donors (Lipinski definition) is 1. The van der Waals surface area contributed by atoms with Gasteiger partial charge in [0.05, 0.1) is 5.92 Å². The highest BCUT2D eigenvalue weighted by Gasteiger charge is 2.22. The summed E-state index contributed by atoms with van der Waals surface area (Å²) in [7, 11) is 0. The number of aliphatic carboxylic acids is 1. The van der Waals surface area contributed by atoms with Gasteiger partial charge in [-0.2, -0.15) is 0 Å². The molecule has 0 aromatic heterocycles. The molecular weight excluding hydrogens is 188 g/mol. The minimum atomic E-state index is -0.758. The molecule has 1 aromatic carbocycles. The Labute approximate surface area is 90.3 Å². The van der Waals surface area contributed by atoms with Crippen LogP contribution in [0.25, 0.3) is 0 Å². The first kappa shape index (κ1) is 11.5. The summed E-state index contributed by atoms with van der Waals surface area (Å²) in [6, 6.07) is 9.67. The summed E-state index contributed by atoms with van der Waals surface area (Å²) < 4.78 is 0. The van der Waals surface area contributed by atoms with Gasteiger partial charge in [-0.1, -0.05) is 43.3 Å². The molecule has 0 spiro atoms. The molecule has 2 heteroatoms. The number of rotatable bonds is 5. The van der Waals surface area contributed by atoms with Crippen molar-refractivity contribution >= 4 is 5.97 Å². The van der Waals surface area contributed by atoms with Crippen molar-refractivity contribution in [3.63, 3.8) is 0 Å². The summed E-state index contributed by atoms with van der Waals surface area (Å²) >= 11 is 0.